The molecule has 0 bridgehead atoms. The van der Waals surface area contributed by atoms with E-state index >= 15 is 0 Å². The van der Waals surface area contributed by atoms with Gasteiger partial charge in [-0.25, -0.2) is 0 Å². The van der Waals surface area contributed by atoms with Crippen LogP contribution >= 0.6 is 0 Å². The zero-order valence-electron chi connectivity index (χ0n) is 9.22. The van der Waals surface area contributed by atoms with Gasteiger partial charge in [0.25, 0.3) is 0 Å². The molecule has 16 heavy (non-hydrogen) atoms. The van der Waals surface area contributed by atoms with E-state index in [1.165, 1.54) is 12.0 Å². The minimum absolute atomic E-state index is 0.0675. The Kier molecular flexibility index (Phi) is 5.28. The van der Waals surface area contributed by atoms with E-state index in [1.807, 2.05) is 0 Å². The average molecular weight is 237 g/mol. The molecule has 0 radical (unpaired) electrons. The highest BCUT2D eigenvalue weighted by molar-refractivity contribution is 5.12. The molecule has 1 unspecified atom stereocenters. The van der Waals surface area contributed by atoms with Gasteiger partial charge in [0.15, 0.2) is 0 Å². The summed E-state index contributed by atoms with van der Waals surface area (Å²) >= 11 is 0. The Morgan fingerprint density at radius 2 is 2.12 bits per heavy atom. The van der Waals surface area contributed by atoms with Crippen LogP contribution in [-0.2, 0) is 4.74 Å². The van der Waals surface area contributed by atoms with Gasteiger partial charge in [-0.1, -0.05) is 11.6 Å². The number of nitrogens with two attached hydrogens (primary N) is 1. The molecular weight excluding hydrogens is 219 g/mol. The third-order valence-electron chi connectivity index (χ3n) is 2.64. The van der Waals surface area contributed by atoms with Crippen LogP contribution in [0.2, 0.25) is 0 Å². The Morgan fingerprint density at radius 3 is 2.69 bits per heavy atom. The fraction of sp³-hybridized carbons (Fsp3) is 0.818. The van der Waals surface area contributed by atoms with E-state index in [-0.39, 0.29) is 12.6 Å². The maximum Gasteiger partial charge on any atom is 0.411 e. The highest BCUT2D eigenvalue weighted by atomic mass is 19.4. The molecule has 0 aromatic rings. The quantitative estimate of drug-likeness (QED) is 0.589. The molecule has 0 aromatic heterocycles. The fourth-order valence-electron chi connectivity index (χ4n) is 1.78. The average Bonchev–Trinajstić information content (AvgIpc) is 2.24. The molecule has 2 nitrogen and oxygen atoms in total. The molecule has 1 atom stereocenters. The first kappa shape index (κ1) is 13.5. The van der Waals surface area contributed by atoms with Crippen molar-refractivity contribution in [3.05, 3.63) is 11.6 Å². The molecule has 1 rings (SSSR count). The molecule has 1 aliphatic rings. The topological polar surface area (TPSA) is 35.2 Å². The van der Waals surface area contributed by atoms with Gasteiger partial charge in [-0.3, -0.25) is 0 Å². The molecule has 0 heterocycles. The standard InChI is InChI=1S/C11H18F3NO/c12-11(13,14)8-16-7-6-10(15)9-4-2-1-3-5-9/h4,10H,1-3,5-8,15H2. The molecule has 0 aromatic carbocycles. The van der Waals surface area contributed by atoms with Crippen molar-refractivity contribution in [2.24, 2.45) is 5.73 Å². The largest absolute Gasteiger partial charge is 0.411 e. The van der Waals surface area contributed by atoms with Gasteiger partial charge < -0.3 is 10.5 Å². The van der Waals surface area contributed by atoms with E-state index in [0.29, 0.717) is 6.42 Å². The lowest BCUT2D eigenvalue weighted by molar-refractivity contribution is -0.174. The third kappa shape index (κ3) is 5.51. The van der Waals surface area contributed by atoms with Crippen LogP contribution in [0.4, 0.5) is 13.2 Å². The van der Waals surface area contributed by atoms with E-state index in [2.05, 4.69) is 10.8 Å². The summed E-state index contributed by atoms with van der Waals surface area (Å²) in [6, 6.07) is -0.145. The van der Waals surface area contributed by atoms with Crippen molar-refractivity contribution >= 4 is 0 Å². The summed E-state index contributed by atoms with van der Waals surface area (Å²) in [7, 11) is 0. The molecule has 94 valence electrons. The summed E-state index contributed by atoms with van der Waals surface area (Å²) in [5.74, 6) is 0. The van der Waals surface area contributed by atoms with Crippen LogP contribution in [-0.4, -0.2) is 25.4 Å². The monoisotopic (exact) mass is 237 g/mol. The van der Waals surface area contributed by atoms with Crippen LogP contribution in [0.15, 0.2) is 11.6 Å². The van der Waals surface area contributed by atoms with Gasteiger partial charge in [-0.2, -0.15) is 13.2 Å². The zero-order valence-corrected chi connectivity index (χ0v) is 9.22. The summed E-state index contributed by atoms with van der Waals surface area (Å²) in [5.41, 5.74) is 7.04. The predicted molar refractivity (Wildman–Crippen MR) is 56.0 cm³/mol. The lowest BCUT2D eigenvalue weighted by atomic mass is 9.93. The second-order valence-electron chi connectivity index (χ2n) is 4.09. The van der Waals surface area contributed by atoms with Gasteiger partial charge in [-0.15, -0.1) is 0 Å². The van der Waals surface area contributed by atoms with E-state index in [9.17, 15) is 13.2 Å². The van der Waals surface area contributed by atoms with Crippen LogP contribution in [0.5, 0.6) is 0 Å². The first-order valence-corrected chi connectivity index (χ1v) is 5.58. The van der Waals surface area contributed by atoms with E-state index in [1.54, 1.807) is 0 Å². The molecular formula is C11H18F3NO. The lowest BCUT2D eigenvalue weighted by Crippen LogP contribution is -2.26. The van der Waals surface area contributed by atoms with E-state index < -0.39 is 12.8 Å². The minimum Gasteiger partial charge on any atom is -0.372 e. The van der Waals surface area contributed by atoms with Crippen LogP contribution in [0.3, 0.4) is 0 Å². The Labute approximate surface area is 93.6 Å². The maximum atomic E-state index is 11.8. The number of hydrogen-bond donors (Lipinski definition) is 1. The summed E-state index contributed by atoms with van der Waals surface area (Å²) in [6.07, 6.45) is 2.64. The Morgan fingerprint density at radius 1 is 1.38 bits per heavy atom. The number of ether oxygens (including phenoxy) is 1. The van der Waals surface area contributed by atoms with Crippen molar-refractivity contribution in [2.75, 3.05) is 13.2 Å². The molecule has 1 aliphatic carbocycles. The van der Waals surface area contributed by atoms with Gasteiger partial charge in [0, 0.05) is 12.6 Å². The summed E-state index contributed by atoms with van der Waals surface area (Å²) < 4.78 is 39.8. The van der Waals surface area contributed by atoms with Crippen LogP contribution < -0.4 is 5.73 Å². The fourth-order valence-corrected chi connectivity index (χ4v) is 1.78. The number of allylic oxidation sites excluding steroid dienone is 1. The SMILES string of the molecule is NC(CCOCC(F)(F)F)C1=CCCCC1. The van der Waals surface area contributed by atoms with Gasteiger partial charge in [-0.05, 0) is 32.1 Å². The van der Waals surface area contributed by atoms with Gasteiger partial charge in [0.2, 0.25) is 0 Å². The Balaban J connectivity index is 2.15. The normalized spacial score (nSPS) is 19.4. The first-order valence-electron chi connectivity index (χ1n) is 5.58. The van der Waals surface area contributed by atoms with E-state index in [0.717, 1.165) is 19.3 Å². The molecule has 0 saturated carbocycles. The zero-order chi connectivity index (χ0) is 12.0. The Hall–Kier alpha value is -0.550. The van der Waals surface area contributed by atoms with Crippen LogP contribution in [0.1, 0.15) is 32.1 Å². The molecule has 0 spiro atoms. The van der Waals surface area contributed by atoms with Gasteiger partial charge in [0.05, 0.1) is 0 Å². The number of alkyl halides is 3. The van der Waals surface area contributed by atoms with Crippen molar-refractivity contribution in [1.82, 2.24) is 0 Å². The van der Waals surface area contributed by atoms with Gasteiger partial charge >= 0.3 is 6.18 Å². The second kappa shape index (κ2) is 6.25. The number of halogens is 3. The van der Waals surface area contributed by atoms with Crippen molar-refractivity contribution < 1.29 is 17.9 Å². The number of hydrogen-bond acceptors (Lipinski definition) is 2. The number of rotatable bonds is 5. The van der Waals surface area contributed by atoms with Crippen molar-refractivity contribution in [2.45, 2.75) is 44.3 Å². The van der Waals surface area contributed by atoms with Gasteiger partial charge in [0.1, 0.15) is 6.61 Å². The predicted octanol–water partition coefficient (Wildman–Crippen LogP) is 2.78. The summed E-state index contributed by atoms with van der Waals surface area (Å²) in [4.78, 5) is 0. The third-order valence-corrected chi connectivity index (χ3v) is 2.64. The van der Waals surface area contributed by atoms with Crippen LogP contribution in [0.25, 0.3) is 0 Å². The molecule has 5 heteroatoms. The van der Waals surface area contributed by atoms with Crippen molar-refractivity contribution in [3.8, 4) is 0 Å². The van der Waals surface area contributed by atoms with Crippen LogP contribution in [0, 0.1) is 0 Å². The van der Waals surface area contributed by atoms with Crippen molar-refractivity contribution in [3.63, 3.8) is 0 Å². The smallest absolute Gasteiger partial charge is 0.372 e. The van der Waals surface area contributed by atoms with E-state index in [4.69, 9.17) is 5.73 Å². The summed E-state index contributed by atoms with van der Waals surface area (Å²) in [6.45, 7) is -1.11. The molecule has 0 amide bonds. The highest BCUT2D eigenvalue weighted by Crippen LogP contribution is 2.21. The van der Waals surface area contributed by atoms with Crippen molar-refractivity contribution in [1.29, 1.82) is 0 Å². The Bertz CT molecular complexity index is 238. The molecule has 0 fully saturated rings. The lowest BCUT2D eigenvalue weighted by Gasteiger charge is -2.19. The minimum atomic E-state index is -4.24. The second-order valence-corrected chi connectivity index (χ2v) is 4.09. The molecule has 0 saturated heterocycles. The first-order chi connectivity index (χ1) is 7.49. The molecule has 0 aliphatic heterocycles. The highest BCUT2D eigenvalue weighted by Gasteiger charge is 2.27. The maximum absolute atomic E-state index is 11.8. The summed E-state index contributed by atoms with van der Waals surface area (Å²) in [5, 5.41) is 0. The molecule has 2 N–H and O–H groups in total.